The molecule has 1 atom stereocenters. The molecule has 130 valence electrons. The number of amides is 2. The molecule has 0 saturated carbocycles. The summed E-state index contributed by atoms with van der Waals surface area (Å²) in [6.07, 6.45) is 5.49. The fourth-order valence-electron chi connectivity index (χ4n) is 3.41. The van der Waals surface area contributed by atoms with Crippen LogP contribution in [0, 0.1) is 0 Å². The van der Waals surface area contributed by atoms with E-state index >= 15 is 0 Å². The second-order valence-electron chi connectivity index (χ2n) is 6.97. The standard InChI is InChI=1S/C19H28N4O/c1-15(2)21-17-7-5-6-16(12-17)13-20-19(24)23-11-8-18(14-23)22-9-3-4-10-22/h3-7,12,15,18,21H,8-11,13-14H2,1-2H3,(H,20,24). The molecule has 2 aliphatic rings. The van der Waals surface area contributed by atoms with Crippen LogP contribution in [0.1, 0.15) is 25.8 Å². The van der Waals surface area contributed by atoms with Crippen LogP contribution in [0.4, 0.5) is 10.5 Å². The summed E-state index contributed by atoms with van der Waals surface area (Å²) < 4.78 is 0. The Morgan fingerprint density at radius 2 is 2.08 bits per heavy atom. The van der Waals surface area contributed by atoms with Crippen LogP contribution in [-0.4, -0.2) is 54.1 Å². The van der Waals surface area contributed by atoms with Crippen molar-refractivity contribution in [3.05, 3.63) is 42.0 Å². The minimum atomic E-state index is 0.0480. The Hall–Kier alpha value is -2.01. The van der Waals surface area contributed by atoms with Gasteiger partial charge in [-0.2, -0.15) is 0 Å². The van der Waals surface area contributed by atoms with Crippen molar-refractivity contribution >= 4 is 11.7 Å². The second kappa shape index (κ2) is 7.71. The molecule has 1 aromatic rings. The summed E-state index contributed by atoms with van der Waals surface area (Å²) in [6.45, 7) is 8.54. The first-order valence-electron chi connectivity index (χ1n) is 8.89. The van der Waals surface area contributed by atoms with Gasteiger partial charge in [0.15, 0.2) is 0 Å². The van der Waals surface area contributed by atoms with Crippen LogP contribution in [-0.2, 0) is 6.54 Å². The summed E-state index contributed by atoms with van der Waals surface area (Å²) >= 11 is 0. The molecule has 0 bridgehead atoms. The fraction of sp³-hybridized carbons (Fsp3) is 0.526. The van der Waals surface area contributed by atoms with E-state index < -0.39 is 0 Å². The van der Waals surface area contributed by atoms with Crippen molar-refractivity contribution in [1.82, 2.24) is 15.1 Å². The highest BCUT2D eigenvalue weighted by Crippen LogP contribution is 2.18. The molecule has 1 aromatic carbocycles. The van der Waals surface area contributed by atoms with Gasteiger partial charge in [0.05, 0.1) is 0 Å². The lowest BCUT2D eigenvalue weighted by atomic mass is 10.2. The Balaban J connectivity index is 1.47. The van der Waals surface area contributed by atoms with Crippen molar-refractivity contribution < 1.29 is 4.79 Å². The molecule has 2 amide bonds. The highest BCUT2D eigenvalue weighted by molar-refractivity contribution is 5.74. The average molecular weight is 328 g/mol. The number of rotatable bonds is 5. The number of benzene rings is 1. The molecule has 2 aliphatic heterocycles. The first-order valence-corrected chi connectivity index (χ1v) is 8.89. The molecule has 0 aromatic heterocycles. The normalized spacial score (nSPS) is 20.8. The number of nitrogens with one attached hydrogen (secondary N) is 2. The van der Waals surface area contributed by atoms with Gasteiger partial charge in [-0.15, -0.1) is 0 Å². The molecule has 2 N–H and O–H groups in total. The topological polar surface area (TPSA) is 47.6 Å². The monoisotopic (exact) mass is 328 g/mol. The van der Waals surface area contributed by atoms with Crippen LogP contribution in [0.25, 0.3) is 0 Å². The Labute approximate surface area is 144 Å². The number of anilines is 1. The minimum absolute atomic E-state index is 0.0480. The maximum Gasteiger partial charge on any atom is 0.317 e. The quantitative estimate of drug-likeness (QED) is 0.817. The van der Waals surface area contributed by atoms with Gasteiger partial charge in [-0.05, 0) is 38.0 Å². The Bertz CT molecular complexity index is 591. The van der Waals surface area contributed by atoms with Crippen LogP contribution in [0.3, 0.4) is 0 Å². The van der Waals surface area contributed by atoms with E-state index in [4.69, 9.17) is 0 Å². The molecular weight excluding hydrogens is 300 g/mol. The Morgan fingerprint density at radius 3 is 2.83 bits per heavy atom. The van der Waals surface area contributed by atoms with Crippen molar-refractivity contribution in [2.24, 2.45) is 0 Å². The average Bonchev–Trinajstić information content (AvgIpc) is 3.23. The fourth-order valence-corrected chi connectivity index (χ4v) is 3.41. The smallest absolute Gasteiger partial charge is 0.317 e. The summed E-state index contributed by atoms with van der Waals surface area (Å²) in [5, 5.41) is 6.45. The van der Waals surface area contributed by atoms with Gasteiger partial charge in [-0.25, -0.2) is 4.79 Å². The molecule has 0 spiro atoms. The zero-order valence-electron chi connectivity index (χ0n) is 14.7. The number of hydrogen-bond donors (Lipinski definition) is 2. The first-order chi connectivity index (χ1) is 11.6. The van der Waals surface area contributed by atoms with Crippen molar-refractivity contribution in [3.8, 4) is 0 Å². The maximum atomic E-state index is 12.4. The number of likely N-dealkylation sites (tertiary alicyclic amines) is 1. The van der Waals surface area contributed by atoms with Gasteiger partial charge < -0.3 is 15.5 Å². The summed E-state index contributed by atoms with van der Waals surface area (Å²) in [7, 11) is 0. The Kier molecular flexibility index (Phi) is 5.41. The molecule has 24 heavy (non-hydrogen) atoms. The molecular formula is C19H28N4O. The second-order valence-corrected chi connectivity index (χ2v) is 6.97. The highest BCUT2D eigenvalue weighted by atomic mass is 16.2. The third kappa shape index (κ3) is 4.29. The van der Waals surface area contributed by atoms with Crippen LogP contribution in [0.15, 0.2) is 36.4 Å². The number of hydrogen-bond acceptors (Lipinski definition) is 3. The summed E-state index contributed by atoms with van der Waals surface area (Å²) in [6, 6.07) is 9.18. The van der Waals surface area contributed by atoms with E-state index in [9.17, 15) is 4.79 Å². The van der Waals surface area contributed by atoms with E-state index in [0.29, 0.717) is 18.6 Å². The van der Waals surface area contributed by atoms with Gasteiger partial charge in [-0.1, -0.05) is 24.3 Å². The molecule has 2 heterocycles. The largest absolute Gasteiger partial charge is 0.383 e. The third-order valence-corrected chi connectivity index (χ3v) is 4.64. The predicted molar refractivity (Wildman–Crippen MR) is 98.1 cm³/mol. The molecule has 1 saturated heterocycles. The van der Waals surface area contributed by atoms with Gasteiger partial charge in [0, 0.05) is 50.5 Å². The lowest BCUT2D eigenvalue weighted by Crippen LogP contribution is -2.41. The number of nitrogens with zero attached hydrogens (tertiary/aromatic N) is 2. The van der Waals surface area contributed by atoms with Crippen LogP contribution in [0.2, 0.25) is 0 Å². The zero-order chi connectivity index (χ0) is 16.9. The lowest BCUT2D eigenvalue weighted by molar-refractivity contribution is 0.199. The van der Waals surface area contributed by atoms with Gasteiger partial charge in [-0.3, -0.25) is 4.90 Å². The van der Waals surface area contributed by atoms with Crippen LogP contribution >= 0.6 is 0 Å². The number of carbonyl (C=O) groups is 1. The lowest BCUT2D eigenvalue weighted by Gasteiger charge is -2.23. The summed E-state index contributed by atoms with van der Waals surface area (Å²) in [5.41, 5.74) is 2.22. The number of urea groups is 1. The van der Waals surface area contributed by atoms with E-state index in [1.54, 1.807) is 0 Å². The molecule has 3 rings (SSSR count). The highest BCUT2D eigenvalue weighted by Gasteiger charge is 2.30. The van der Waals surface area contributed by atoms with Crippen LogP contribution in [0.5, 0.6) is 0 Å². The third-order valence-electron chi connectivity index (χ3n) is 4.64. The SMILES string of the molecule is CC(C)Nc1cccc(CNC(=O)N2CCC(N3CC=CC3)C2)c1. The molecule has 5 heteroatoms. The van der Waals surface area contributed by atoms with Crippen molar-refractivity contribution in [2.45, 2.75) is 38.9 Å². The first kappa shape index (κ1) is 16.8. The van der Waals surface area contributed by atoms with Crippen molar-refractivity contribution in [1.29, 1.82) is 0 Å². The van der Waals surface area contributed by atoms with Crippen LogP contribution < -0.4 is 10.6 Å². The van der Waals surface area contributed by atoms with Gasteiger partial charge in [0.25, 0.3) is 0 Å². The molecule has 0 radical (unpaired) electrons. The maximum absolute atomic E-state index is 12.4. The van der Waals surface area contributed by atoms with Crippen molar-refractivity contribution in [3.63, 3.8) is 0 Å². The van der Waals surface area contributed by atoms with Gasteiger partial charge in [0.1, 0.15) is 0 Å². The Morgan fingerprint density at radius 1 is 1.29 bits per heavy atom. The number of carbonyl (C=O) groups excluding carboxylic acids is 1. The zero-order valence-corrected chi connectivity index (χ0v) is 14.7. The van der Waals surface area contributed by atoms with E-state index in [1.807, 2.05) is 11.0 Å². The predicted octanol–water partition coefficient (Wildman–Crippen LogP) is 2.66. The van der Waals surface area contributed by atoms with E-state index in [2.05, 4.69) is 59.7 Å². The van der Waals surface area contributed by atoms with Gasteiger partial charge >= 0.3 is 6.03 Å². The molecule has 0 aliphatic carbocycles. The van der Waals surface area contributed by atoms with E-state index in [0.717, 1.165) is 43.9 Å². The minimum Gasteiger partial charge on any atom is -0.383 e. The molecule has 1 unspecified atom stereocenters. The van der Waals surface area contributed by atoms with Crippen molar-refractivity contribution in [2.75, 3.05) is 31.5 Å². The molecule has 5 nitrogen and oxygen atoms in total. The summed E-state index contributed by atoms with van der Waals surface area (Å²) in [4.78, 5) is 16.8. The summed E-state index contributed by atoms with van der Waals surface area (Å²) in [5.74, 6) is 0. The van der Waals surface area contributed by atoms with E-state index in [-0.39, 0.29) is 6.03 Å². The molecule has 1 fully saturated rings. The van der Waals surface area contributed by atoms with Gasteiger partial charge in [0.2, 0.25) is 0 Å². The van der Waals surface area contributed by atoms with E-state index in [1.165, 1.54) is 0 Å².